The SMILES string of the molecule is Cc1cc2ccn(C)c2nc1C#N. The first kappa shape index (κ1) is 7.81. The average molecular weight is 171 g/mol. The van der Waals surface area contributed by atoms with Gasteiger partial charge in [-0.2, -0.15) is 5.26 Å². The zero-order valence-corrected chi connectivity index (χ0v) is 7.57. The normalized spacial score (nSPS) is 10.2. The van der Waals surface area contributed by atoms with Crippen LogP contribution in [0.3, 0.4) is 0 Å². The van der Waals surface area contributed by atoms with Crippen LogP contribution in [0.2, 0.25) is 0 Å². The van der Waals surface area contributed by atoms with Gasteiger partial charge in [-0.15, -0.1) is 0 Å². The van der Waals surface area contributed by atoms with Gasteiger partial charge in [-0.1, -0.05) is 0 Å². The van der Waals surface area contributed by atoms with Gasteiger partial charge in [0.2, 0.25) is 0 Å². The second-order valence-corrected chi connectivity index (χ2v) is 3.11. The van der Waals surface area contributed by atoms with Crippen molar-refractivity contribution >= 4 is 11.0 Å². The molecule has 0 fully saturated rings. The summed E-state index contributed by atoms with van der Waals surface area (Å²) in [4.78, 5) is 4.25. The molecule has 64 valence electrons. The van der Waals surface area contributed by atoms with Gasteiger partial charge in [-0.05, 0) is 24.6 Å². The number of aryl methyl sites for hydroxylation is 2. The van der Waals surface area contributed by atoms with Crippen molar-refractivity contribution in [3.8, 4) is 6.07 Å². The summed E-state index contributed by atoms with van der Waals surface area (Å²) in [5, 5.41) is 9.87. The van der Waals surface area contributed by atoms with E-state index in [1.54, 1.807) is 0 Å². The Morgan fingerprint density at radius 3 is 3.00 bits per heavy atom. The van der Waals surface area contributed by atoms with Gasteiger partial charge in [0, 0.05) is 18.6 Å². The van der Waals surface area contributed by atoms with Crippen molar-refractivity contribution in [1.29, 1.82) is 5.26 Å². The zero-order valence-electron chi connectivity index (χ0n) is 7.57. The van der Waals surface area contributed by atoms with Gasteiger partial charge in [-0.3, -0.25) is 0 Å². The number of pyridine rings is 1. The van der Waals surface area contributed by atoms with E-state index < -0.39 is 0 Å². The van der Waals surface area contributed by atoms with Gasteiger partial charge in [0.25, 0.3) is 0 Å². The molecule has 0 N–H and O–H groups in total. The molecule has 13 heavy (non-hydrogen) atoms. The number of hydrogen-bond acceptors (Lipinski definition) is 2. The van der Waals surface area contributed by atoms with Crippen LogP contribution in [0.15, 0.2) is 18.3 Å². The fraction of sp³-hybridized carbons (Fsp3) is 0.200. The molecular weight excluding hydrogens is 162 g/mol. The van der Waals surface area contributed by atoms with Crippen molar-refractivity contribution in [1.82, 2.24) is 9.55 Å². The summed E-state index contributed by atoms with van der Waals surface area (Å²) in [6.07, 6.45) is 1.94. The van der Waals surface area contributed by atoms with Gasteiger partial charge in [0.05, 0.1) is 0 Å². The standard InChI is InChI=1S/C10H9N3/c1-7-5-8-3-4-13(2)10(8)12-9(7)6-11/h3-5H,1-2H3. The minimum Gasteiger partial charge on any atom is -0.336 e. The third-order valence-electron chi connectivity index (χ3n) is 2.14. The molecule has 0 aliphatic heterocycles. The van der Waals surface area contributed by atoms with Crippen LogP contribution < -0.4 is 0 Å². The molecule has 2 aromatic heterocycles. The molecule has 2 aromatic rings. The molecule has 0 aromatic carbocycles. The highest BCUT2D eigenvalue weighted by Crippen LogP contribution is 2.15. The second-order valence-electron chi connectivity index (χ2n) is 3.11. The van der Waals surface area contributed by atoms with Gasteiger partial charge >= 0.3 is 0 Å². The number of fused-ring (bicyclic) bond motifs is 1. The molecule has 0 unspecified atom stereocenters. The fourth-order valence-corrected chi connectivity index (χ4v) is 1.41. The molecule has 2 heterocycles. The lowest BCUT2D eigenvalue weighted by atomic mass is 10.2. The van der Waals surface area contributed by atoms with E-state index in [2.05, 4.69) is 11.1 Å². The van der Waals surface area contributed by atoms with Crippen LogP contribution in [0.1, 0.15) is 11.3 Å². The van der Waals surface area contributed by atoms with E-state index in [-0.39, 0.29) is 0 Å². The summed E-state index contributed by atoms with van der Waals surface area (Å²) in [6, 6.07) is 6.06. The number of nitriles is 1. The molecule has 3 nitrogen and oxygen atoms in total. The molecule has 0 spiro atoms. The molecule has 0 saturated carbocycles. The predicted octanol–water partition coefficient (Wildman–Crippen LogP) is 1.75. The maximum atomic E-state index is 8.78. The van der Waals surface area contributed by atoms with Crippen LogP contribution >= 0.6 is 0 Å². The summed E-state index contributed by atoms with van der Waals surface area (Å²) in [7, 11) is 1.92. The van der Waals surface area contributed by atoms with E-state index in [4.69, 9.17) is 5.26 Å². The lowest BCUT2D eigenvalue weighted by molar-refractivity contribution is 0.945. The molecule has 0 bridgehead atoms. The summed E-state index contributed by atoms with van der Waals surface area (Å²) in [5.74, 6) is 0. The minimum absolute atomic E-state index is 0.509. The van der Waals surface area contributed by atoms with Crippen LogP contribution in [-0.4, -0.2) is 9.55 Å². The molecule has 0 aliphatic rings. The Balaban J connectivity index is 2.86. The Labute approximate surface area is 76.2 Å². The summed E-state index contributed by atoms with van der Waals surface area (Å²) < 4.78 is 1.91. The van der Waals surface area contributed by atoms with E-state index in [1.165, 1.54) is 0 Å². The third-order valence-corrected chi connectivity index (χ3v) is 2.14. The first-order valence-corrected chi connectivity index (χ1v) is 4.05. The van der Waals surface area contributed by atoms with Crippen molar-refractivity contribution in [2.24, 2.45) is 7.05 Å². The van der Waals surface area contributed by atoms with Gasteiger partial charge in [0.15, 0.2) is 0 Å². The number of nitrogens with zero attached hydrogens (tertiary/aromatic N) is 3. The van der Waals surface area contributed by atoms with Crippen LogP contribution in [0.4, 0.5) is 0 Å². The topological polar surface area (TPSA) is 41.6 Å². The highest BCUT2D eigenvalue weighted by molar-refractivity contribution is 5.77. The Morgan fingerprint density at radius 1 is 1.54 bits per heavy atom. The van der Waals surface area contributed by atoms with Gasteiger partial charge in [0.1, 0.15) is 17.4 Å². The zero-order chi connectivity index (χ0) is 9.42. The van der Waals surface area contributed by atoms with Crippen LogP contribution in [0.5, 0.6) is 0 Å². The average Bonchev–Trinajstić information content (AvgIpc) is 2.46. The summed E-state index contributed by atoms with van der Waals surface area (Å²) in [6.45, 7) is 1.90. The monoisotopic (exact) mass is 171 g/mol. The van der Waals surface area contributed by atoms with Gasteiger partial charge in [-0.25, -0.2) is 4.98 Å². The minimum atomic E-state index is 0.509. The third kappa shape index (κ3) is 1.07. The molecule has 2 rings (SSSR count). The van der Waals surface area contributed by atoms with Crippen LogP contribution in [0.25, 0.3) is 11.0 Å². The number of aromatic nitrogens is 2. The molecular formula is C10H9N3. The van der Waals surface area contributed by atoms with Crippen molar-refractivity contribution in [2.75, 3.05) is 0 Å². The van der Waals surface area contributed by atoms with E-state index in [0.29, 0.717) is 5.69 Å². The predicted molar refractivity (Wildman–Crippen MR) is 50.2 cm³/mol. The lowest BCUT2D eigenvalue weighted by Gasteiger charge is -1.98. The Morgan fingerprint density at radius 2 is 2.31 bits per heavy atom. The number of hydrogen-bond donors (Lipinski definition) is 0. The molecule has 0 radical (unpaired) electrons. The van der Waals surface area contributed by atoms with Crippen molar-refractivity contribution in [3.05, 3.63) is 29.6 Å². The van der Waals surface area contributed by atoms with E-state index in [1.807, 2.05) is 36.9 Å². The summed E-state index contributed by atoms with van der Waals surface area (Å²) >= 11 is 0. The highest BCUT2D eigenvalue weighted by atomic mass is 15.0. The molecule has 0 amide bonds. The first-order valence-electron chi connectivity index (χ1n) is 4.05. The quantitative estimate of drug-likeness (QED) is 0.606. The summed E-state index contributed by atoms with van der Waals surface area (Å²) in [5.41, 5.74) is 2.30. The van der Waals surface area contributed by atoms with E-state index in [0.717, 1.165) is 16.6 Å². The molecule has 3 heteroatoms. The molecule has 0 atom stereocenters. The van der Waals surface area contributed by atoms with Crippen LogP contribution in [0, 0.1) is 18.3 Å². The molecule has 0 aliphatic carbocycles. The maximum absolute atomic E-state index is 8.78. The molecule has 0 saturated heterocycles. The van der Waals surface area contributed by atoms with Gasteiger partial charge < -0.3 is 4.57 Å². The van der Waals surface area contributed by atoms with Crippen molar-refractivity contribution in [3.63, 3.8) is 0 Å². The van der Waals surface area contributed by atoms with E-state index >= 15 is 0 Å². The highest BCUT2D eigenvalue weighted by Gasteiger charge is 2.04. The van der Waals surface area contributed by atoms with Crippen molar-refractivity contribution in [2.45, 2.75) is 6.92 Å². The Hall–Kier alpha value is -1.82. The number of rotatable bonds is 0. The fourth-order valence-electron chi connectivity index (χ4n) is 1.41. The smallest absolute Gasteiger partial charge is 0.145 e. The Bertz CT molecular complexity index is 503. The van der Waals surface area contributed by atoms with Crippen LogP contribution in [-0.2, 0) is 7.05 Å². The maximum Gasteiger partial charge on any atom is 0.145 e. The Kier molecular flexibility index (Phi) is 1.56. The van der Waals surface area contributed by atoms with E-state index in [9.17, 15) is 0 Å². The largest absolute Gasteiger partial charge is 0.336 e. The first-order chi connectivity index (χ1) is 6.22. The second kappa shape index (κ2) is 2.60. The lowest BCUT2D eigenvalue weighted by Crippen LogP contribution is -1.92. The van der Waals surface area contributed by atoms with Crippen molar-refractivity contribution < 1.29 is 0 Å².